The number of nitrogens with zero attached hydrogens (tertiary/aromatic N) is 2. The number of carbonyl (C=O) groups is 2. The van der Waals surface area contributed by atoms with Crippen molar-refractivity contribution >= 4 is 17.5 Å². The number of nitrogens with one attached hydrogen (secondary N) is 1. The summed E-state index contributed by atoms with van der Waals surface area (Å²) in [5.74, 6) is -2.04. The minimum Gasteiger partial charge on any atom is -0.333 e. The molecule has 1 aliphatic rings. The normalized spacial score (nSPS) is 16.2. The van der Waals surface area contributed by atoms with Gasteiger partial charge in [-0.1, -0.05) is 12.5 Å². The second-order valence-electron chi connectivity index (χ2n) is 5.45. The van der Waals surface area contributed by atoms with Gasteiger partial charge in [0.15, 0.2) is 0 Å². The van der Waals surface area contributed by atoms with Gasteiger partial charge in [-0.25, -0.2) is 14.2 Å². The largest absolute Gasteiger partial charge is 0.333 e. The molecule has 0 spiro atoms. The fourth-order valence-electron chi connectivity index (χ4n) is 2.46. The monoisotopic (exact) mass is 323 g/mol. The minimum atomic E-state index is -0.747. The van der Waals surface area contributed by atoms with Gasteiger partial charge in [-0.2, -0.15) is 5.10 Å². The summed E-state index contributed by atoms with van der Waals surface area (Å²) in [6, 6.07) is 3.50. The zero-order valence-corrected chi connectivity index (χ0v) is 12.9. The van der Waals surface area contributed by atoms with Crippen molar-refractivity contribution in [3.05, 3.63) is 35.4 Å². The maximum Gasteiger partial charge on any atom is 0.259 e. The molecule has 1 aliphatic heterocycles. The Morgan fingerprint density at radius 3 is 2.65 bits per heavy atom. The molecular formula is C16H19F2N3O2. The van der Waals surface area contributed by atoms with Gasteiger partial charge in [-0.05, 0) is 31.9 Å². The second-order valence-corrected chi connectivity index (χ2v) is 5.45. The Hall–Kier alpha value is -2.31. The third kappa shape index (κ3) is 4.58. The minimum absolute atomic E-state index is 0.0242. The standard InChI is InChI=1S/C16H19F2N3O2/c1-11(16-12(17)6-5-7-13(16)18)19-20-14(22)10-21-9-4-2-3-8-15(21)23/h5-7H,2-4,8-10H2,1H3,(H,20,22)/b19-11-. The summed E-state index contributed by atoms with van der Waals surface area (Å²) >= 11 is 0. The van der Waals surface area contributed by atoms with Crippen molar-refractivity contribution in [1.82, 2.24) is 10.3 Å². The molecule has 124 valence electrons. The molecule has 2 rings (SSSR count). The first-order valence-electron chi connectivity index (χ1n) is 7.54. The van der Waals surface area contributed by atoms with E-state index in [1.54, 1.807) is 0 Å². The molecule has 0 bridgehead atoms. The summed E-state index contributed by atoms with van der Waals surface area (Å²) < 4.78 is 27.2. The van der Waals surface area contributed by atoms with Gasteiger partial charge in [0, 0.05) is 13.0 Å². The lowest BCUT2D eigenvalue weighted by Gasteiger charge is -2.19. The number of hydrazone groups is 1. The van der Waals surface area contributed by atoms with Gasteiger partial charge in [0.25, 0.3) is 5.91 Å². The molecule has 2 amide bonds. The first-order chi connectivity index (χ1) is 11.0. The van der Waals surface area contributed by atoms with Gasteiger partial charge in [0.2, 0.25) is 5.91 Å². The molecule has 0 unspecified atom stereocenters. The van der Waals surface area contributed by atoms with E-state index in [9.17, 15) is 18.4 Å². The average molecular weight is 323 g/mol. The van der Waals surface area contributed by atoms with Crippen LogP contribution < -0.4 is 5.43 Å². The highest BCUT2D eigenvalue weighted by Gasteiger charge is 2.19. The molecule has 1 aromatic rings. The topological polar surface area (TPSA) is 61.8 Å². The van der Waals surface area contributed by atoms with Crippen molar-refractivity contribution in [3.8, 4) is 0 Å². The summed E-state index contributed by atoms with van der Waals surface area (Å²) in [6.07, 6.45) is 3.10. The molecule has 0 aromatic heterocycles. The van der Waals surface area contributed by atoms with Crippen molar-refractivity contribution in [1.29, 1.82) is 0 Å². The van der Waals surface area contributed by atoms with Crippen LogP contribution in [-0.4, -0.2) is 35.5 Å². The Bertz CT molecular complexity index is 612. The Morgan fingerprint density at radius 2 is 1.96 bits per heavy atom. The highest BCUT2D eigenvalue weighted by Crippen LogP contribution is 2.13. The lowest BCUT2D eigenvalue weighted by atomic mass is 10.1. The Balaban J connectivity index is 1.98. The molecule has 0 saturated carbocycles. The van der Waals surface area contributed by atoms with Crippen molar-refractivity contribution in [2.75, 3.05) is 13.1 Å². The number of carbonyl (C=O) groups excluding carboxylic acids is 2. The fourth-order valence-corrected chi connectivity index (χ4v) is 2.46. The molecule has 1 N–H and O–H groups in total. The van der Waals surface area contributed by atoms with Crippen LogP contribution >= 0.6 is 0 Å². The lowest BCUT2D eigenvalue weighted by Crippen LogP contribution is -2.39. The Morgan fingerprint density at radius 1 is 1.26 bits per heavy atom. The molecule has 1 heterocycles. The predicted octanol–water partition coefficient (Wildman–Crippen LogP) is 2.21. The molecule has 1 aromatic carbocycles. The third-order valence-electron chi connectivity index (χ3n) is 3.68. The Labute approximate surface area is 133 Å². The van der Waals surface area contributed by atoms with E-state index in [0.29, 0.717) is 13.0 Å². The van der Waals surface area contributed by atoms with E-state index in [0.717, 1.165) is 31.4 Å². The van der Waals surface area contributed by atoms with Crippen molar-refractivity contribution < 1.29 is 18.4 Å². The van der Waals surface area contributed by atoms with Gasteiger partial charge in [-0.3, -0.25) is 9.59 Å². The number of hydrogen-bond donors (Lipinski definition) is 1. The van der Waals surface area contributed by atoms with Gasteiger partial charge >= 0.3 is 0 Å². The van der Waals surface area contributed by atoms with E-state index in [1.165, 1.54) is 17.9 Å². The summed E-state index contributed by atoms with van der Waals surface area (Å²) in [7, 11) is 0. The zero-order chi connectivity index (χ0) is 16.8. The van der Waals surface area contributed by atoms with Crippen LogP contribution in [0.4, 0.5) is 8.78 Å². The number of benzene rings is 1. The number of hydrogen-bond acceptors (Lipinski definition) is 3. The average Bonchev–Trinajstić information content (AvgIpc) is 2.70. The van der Waals surface area contributed by atoms with Crippen molar-refractivity contribution in [2.45, 2.75) is 32.6 Å². The highest BCUT2D eigenvalue weighted by molar-refractivity contribution is 5.99. The van der Waals surface area contributed by atoms with E-state index in [1.807, 2.05) is 0 Å². The molecule has 1 saturated heterocycles. The molecule has 0 aliphatic carbocycles. The van der Waals surface area contributed by atoms with Crippen LogP contribution in [0, 0.1) is 11.6 Å². The predicted molar refractivity (Wildman–Crippen MR) is 81.8 cm³/mol. The van der Waals surface area contributed by atoms with E-state index >= 15 is 0 Å². The second kappa shape index (κ2) is 7.80. The summed E-state index contributed by atoms with van der Waals surface area (Å²) in [4.78, 5) is 25.2. The summed E-state index contributed by atoms with van der Waals surface area (Å²) in [6.45, 7) is 1.84. The van der Waals surface area contributed by atoms with E-state index in [-0.39, 0.29) is 23.7 Å². The number of likely N-dealkylation sites (tertiary alicyclic amines) is 1. The van der Waals surface area contributed by atoms with Crippen LogP contribution in [0.25, 0.3) is 0 Å². The van der Waals surface area contributed by atoms with Crippen LogP contribution in [-0.2, 0) is 9.59 Å². The summed E-state index contributed by atoms with van der Waals surface area (Å²) in [5, 5.41) is 3.73. The van der Waals surface area contributed by atoms with E-state index in [4.69, 9.17) is 0 Å². The Kier molecular flexibility index (Phi) is 5.78. The SMILES string of the molecule is C/C(=N/NC(=O)CN1CCCCCC1=O)c1c(F)cccc1F. The number of amides is 2. The van der Waals surface area contributed by atoms with Crippen molar-refractivity contribution in [2.24, 2.45) is 5.10 Å². The van der Waals surface area contributed by atoms with Crippen LogP contribution in [0.2, 0.25) is 0 Å². The van der Waals surface area contributed by atoms with Crippen molar-refractivity contribution in [3.63, 3.8) is 0 Å². The molecule has 5 nitrogen and oxygen atoms in total. The van der Waals surface area contributed by atoms with Crippen LogP contribution in [0.5, 0.6) is 0 Å². The molecule has 7 heteroatoms. The van der Waals surface area contributed by atoms with Crippen LogP contribution in [0.3, 0.4) is 0 Å². The maximum absolute atomic E-state index is 13.6. The van der Waals surface area contributed by atoms with E-state index in [2.05, 4.69) is 10.5 Å². The van der Waals surface area contributed by atoms with Gasteiger partial charge in [-0.15, -0.1) is 0 Å². The van der Waals surface area contributed by atoms with E-state index < -0.39 is 17.5 Å². The maximum atomic E-state index is 13.6. The third-order valence-corrected chi connectivity index (χ3v) is 3.68. The number of halogens is 2. The lowest BCUT2D eigenvalue weighted by molar-refractivity contribution is -0.135. The van der Waals surface area contributed by atoms with Crippen LogP contribution in [0.1, 0.15) is 38.2 Å². The quantitative estimate of drug-likeness (QED) is 0.682. The first kappa shape index (κ1) is 17.1. The summed E-state index contributed by atoms with van der Waals surface area (Å²) in [5.41, 5.74) is 1.99. The highest BCUT2D eigenvalue weighted by atomic mass is 19.1. The molecule has 0 atom stereocenters. The van der Waals surface area contributed by atoms with Gasteiger partial charge in [0.05, 0.1) is 11.3 Å². The molecule has 1 fully saturated rings. The fraction of sp³-hybridized carbons (Fsp3) is 0.438. The molecule has 23 heavy (non-hydrogen) atoms. The molecular weight excluding hydrogens is 304 g/mol. The molecule has 0 radical (unpaired) electrons. The first-order valence-corrected chi connectivity index (χ1v) is 7.54. The van der Waals surface area contributed by atoms with Gasteiger partial charge in [0.1, 0.15) is 18.2 Å². The zero-order valence-electron chi connectivity index (χ0n) is 12.9. The number of rotatable bonds is 4. The van der Waals surface area contributed by atoms with Crippen LogP contribution in [0.15, 0.2) is 23.3 Å². The smallest absolute Gasteiger partial charge is 0.259 e. The van der Waals surface area contributed by atoms with Gasteiger partial charge < -0.3 is 4.90 Å².